The van der Waals surface area contributed by atoms with Crippen LogP contribution in [-0.4, -0.2) is 25.4 Å². The predicted octanol–water partition coefficient (Wildman–Crippen LogP) is 2.32. The lowest BCUT2D eigenvalue weighted by Crippen LogP contribution is -2.27. The molecule has 1 unspecified atom stereocenters. The van der Waals surface area contributed by atoms with Crippen LogP contribution < -0.4 is 10.0 Å². The van der Waals surface area contributed by atoms with Crippen molar-refractivity contribution in [3.8, 4) is 0 Å². The fraction of sp³-hybridized carbons (Fsp3) is 0.231. The molecule has 2 aromatic rings. The van der Waals surface area contributed by atoms with Gasteiger partial charge in [0.2, 0.25) is 10.0 Å². The molecule has 2 N–H and O–H groups in total. The average Bonchev–Trinajstić information content (AvgIpc) is 2.47. The zero-order valence-corrected chi connectivity index (χ0v) is 13.9. The van der Waals surface area contributed by atoms with Gasteiger partial charge in [0.25, 0.3) is 0 Å². The van der Waals surface area contributed by atoms with Crippen molar-refractivity contribution in [2.24, 2.45) is 0 Å². The lowest BCUT2D eigenvalue weighted by Gasteiger charge is -2.16. The molecule has 0 bridgehead atoms. The van der Waals surface area contributed by atoms with E-state index in [2.05, 4.69) is 35.9 Å². The Labute approximate surface area is 132 Å². The summed E-state index contributed by atoms with van der Waals surface area (Å²) >= 11 is 3.24. The molecule has 1 atom stereocenters. The quantitative estimate of drug-likeness (QED) is 0.843. The molecule has 112 valence electrons. The molecule has 2 rings (SSSR count). The van der Waals surface area contributed by atoms with E-state index in [0.29, 0.717) is 10.3 Å². The molecule has 0 spiro atoms. The Bertz CT molecular complexity index is 722. The summed E-state index contributed by atoms with van der Waals surface area (Å²) in [5.74, 6) is 0.295. The van der Waals surface area contributed by atoms with Gasteiger partial charge in [-0.15, -0.1) is 0 Å². The third kappa shape index (κ3) is 3.78. The molecule has 2 heterocycles. The highest BCUT2D eigenvalue weighted by atomic mass is 79.9. The third-order valence-corrected chi connectivity index (χ3v) is 4.85. The number of halogens is 1. The van der Waals surface area contributed by atoms with Gasteiger partial charge in [-0.3, -0.25) is 4.98 Å². The Morgan fingerprint density at radius 3 is 2.71 bits per heavy atom. The Hall–Kier alpha value is -1.51. The van der Waals surface area contributed by atoms with Gasteiger partial charge in [-0.05, 0) is 40.5 Å². The number of anilines is 1. The average molecular weight is 371 g/mol. The van der Waals surface area contributed by atoms with Gasteiger partial charge in [0.05, 0.1) is 0 Å². The molecule has 21 heavy (non-hydrogen) atoms. The lowest BCUT2D eigenvalue weighted by atomic mass is 10.2. The van der Waals surface area contributed by atoms with E-state index in [1.165, 1.54) is 12.3 Å². The van der Waals surface area contributed by atoms with Gasteiger partial charge in [0, 0.05) is 36.2 Å². The van der Waals surface area contributed by atoms with Gasteiger partial charge in [-0.25, -0.2) is 18.1 Å². The van der Waals surface area contributed by atoms with E-state index in [1.54, 1.807) is 32.4 Å². The van der Waals surface area contributed by atoms with E-state index in [9.17, 15) is 8.42 Å². The van der Waals surface area contributed by atoms with Crippen LogP contribution in [0.3, 0.4) is 0 Å². The molecule has 0 saturated heterocycles. The second-order valence-corrected chi connectivity index (χ2v) is 6.98. The van der Waals surface area contributed by atoms with Crippen molar-refractivity contribution in [3.63, 3.8) is 0 Å². The normalized spacial score (nSPS) is 12.9. The minimum Gasteiger partial charge on any atom is -0.372 e. The van der Waals surface area contributed by atoms with E-state index in [0.717, 1.165) is 5.56 Å². The molecule has 0 aliphatic carbocycles. The monoisotopic (exact) mass is 370 g/mol. The van der Waals surface area contributed by atoms with Crippen LogP contribution in [0.2, 0.25) is 0 Å². The maximum Gasteiger partial charge on any atom is 0.244 e. The highest BCUT2D eigenvalue weighted by Gasteiger charge is 2.22. The van der Waals surface area contributed by atoms with Crippen molar-refractivity contribution in [2.45, 2.75) is 17.9 Å². The van der Waals surface area contributed by atoms with E-state index in [-0.39, 0.29) is 4.90 Å². The summed E-state index contributed by atoms with van der Waals surface area (Å²) in [4.78, 5) is 8.14. The Kier molecular flexibility index (Phi) is 4.92. The number of aromatic nitrogens is 2. The molecular weight excluding hydrogens is 356 g/mol. The van der Waals surface area contributed by atoms with Gasteiger partial charge in [-0.1, -0.05) is 6.07 Å². The van der Waals surface area contributed by atoms with Crippen LogP contribution in [0.15, 0.2) is 46.2 Å². The summed E-state index contributed by atoms with van der Waals surface area (Å²) in [5.41, 5.74) is 0.787. The van der Waals surface area contributed by atoms with Crippen molar-refractivity contribution in [1.82, 2.24) is 14.7 Å². The summed E-state index contributed by atoms with van der Waals surface area (Å²) in [7, 11) is -2.08. The minimum atomic E-state index is -3.71. The number of pyridine rings is 2. The standard InChI is InChI=1S/C13H15BrN4O2S/c1-9(10-4-3-5-16-7-10)18-21(19,20)12-6-11(14)8-17-13(12)15-2/h3-9,18H,1-2H3,(H,15,17). The van der Waals surface area contributed by atoms with Crippen LogP contribution in [0.1, 0.15) is 18.5 Å². The molecule has 8 heteroatoms. The fourth-order valence-corrected chi connectivity index (χ4v) is 3.71. The molecule has 0 radical (unpaired) electrons. The van der Waals surface area contributed by atoms with Crippen molar-refractivity contribution in [1.29, 1.82) is 0 Å². The summed E-state index contributed by atoms with van der Waals surface area (Å²) in [6, 6.07) is 4.70. The number of nitrogens with one attached hydrogen (secondary N) is 2. The van der Waals surface area contributed by atoms with E-state index in [1.807, 2.05) is 6.07 Å². The number of nitrogens with zero attached hydrogens (tertiary/aromatic N) is 2. The number of hydrogen-bond acceptors (Lipinski definition) is 5. The number of rotatable bonds is 5. The van der Waals surface area contributed by atoms with Crippen LogP contribution in [0.5, 0.6) is 0 Å². The van der Waals surface area contributed by atoms with Crippen LogP contribution in [0, 0.1) is 0 Å². The van der Waals surface area contributed by atoms with Crippen LogP contribution in [0.4, 0.5) is 5.82 Å². The highest BCUT2D eigenvalue weighted by Crippen LogP contribution is 2.24. The topological polar surface area (TPSA) is 84.0 Å². The maximum atomic E-state index is 12.5. The van der Waals surface area contributed by atoms with Gasteiger partial charge in [-0.2, -0.15) is 0 Å². The van der Waals surface area contributed by atoms with Gasteiger partial charge in [0.1, 0.15) is 10.7 Å². The molecule has 0 aliphatic heterocycles. The SMILES string of the molecule is CNc1ncc(Br)cc1S(=O)(=O)NC(C)c1cccnc1. The largest absolute Gasteiger partial charge is 0.372 e. The summed E-state index contributed by atoms with van der Waals surface area (Å²) in [5, 5.41) is 2.78. The van der Waals surface area contributed by atoms with E-state index < -0.39 is 16.1 Å². The van der Waals surface area contributed by atoms with Gasteiger partial charge in [0.15, 0.2) is 0 Å². The Morgan fingerprint density at radius 2 is 2.10 bits per heavy atom. The maximum absolute atomic E-state index is 12.5. The lowest BCUT2D eigenvalue weighted by molar-refractivity contribution is 0.566. The van der Waals surface area contributed by atoms with Crippen molar-refractivity contribution in [3.05, 3.63) is 46.8 Å². The summed E-state index contributed by atoms with van der Waals surface area (Å²) < 4.78 is 28.2. The first kappa shape index (κ1) is 15.9. The first-order chi connectivity index (χ1) is 9.94. The second-order valence-electron chi connectivity index (χ2n) is 4.38. The molecule has 0 amide bonds. The minimum absolute atomic E-state index is 0.0927. The van der Waals surface area contributed by atoms with Crippen LogP contribution >= 0.6 is 15.9 Å². The van der Waals surface area contributed by atoms with E-state index >= 15 is 0 Å². The molecule has 0 aromatic carbocycles. The first-order valence-electron chi connectivity index (χ1n) is 6.19. The van der Waals surface area contributed by atoms with E-state index in [4.69, 9.17) is 0 Å². The zero-order valence-electron chi connectivity index (χ0n) is 11.5. The fourth-order valence-electron chi connectivity index (χ4n) is 1.81. The Morgan fingerprint density at radius 1 is 1.33 bits per heavy atom. The molecule has 0 aliphatic rings. The molecule has 2 aromatic heterocycles. The number of hydrogen-bond donors (Lipinski definition) is 2. The summed E-state index contributed by atoms with van der Waals surface area (Å²) in [6.45, 7) is 1.76. The second kappa shape index (κ2) is 6.50. The smallest absolute Gasteiger partial charge is 0.244 e. The summed E-state index contributed by atoms with van der Waals surface area (Å²) in [6.07, 6.45) is 4.81. The zero-order chi connectivity index (χ0) is 15.5. The first-order valence-corrected chi connectivity index (χ1v) is 8.47. The Balaban J connectivity index is 2.33. The van der Waals surface area contributed by atoms with Gasteiger partial charge < -0.3 is 5.32 Å². The highest BCUT2D eigenvalue weighted by molar-refractivity contribution is 9.10. The van der Waals surface area contributed by atoms with Crippen molar-refractivity contribution >= 4 is 31.8 Å². The van der Waals surface area contributed by atoms with Crippen LogP contribution in [0.25, 0.3) is 0 Å². The molecule has 6 nitrogen and oxygen atoms in total. The van der Waals surface area contributed by atoms with Gasteiger partial charge >= 0.3 is 0 Å². The van der Waals surface area contributed by atoms with Crippen molar-refractivity contribution < 1.29 is 8.42 Å². The predicted molar refractivity (Wildman–Crippen MR) is 84.5 cm³/mol. The molecule has 0 saturated carbocycles. The third-order valence-electron chi connectivity index (χ3n) is 2.86. The number of sulfonamides is 1. The molecular formula is C13H15BrN4O2S. The van der Waals surface area contributed by atoms with Crippen LogP contribution in [-0.2, 0) is 10.0 Å². The molecule has 0 fully saturated rings. The van der Waals surface area contributed by atoms with Crippen molar-refractivity contribution in [2.75, 3.05) is 12.4 Å².